The lowest BCUT2D eigenvalue weighted by Gasteiger charge is -2.10. The molecule has 0 amide bonds. The number of fused-ring (bicyclic) bond motifs is 1. The molecule has 1 N–H and O–H groups in total. The Morgan fingerprint density at radius 3 is 2.46 bits per heavy atom. The number of hydrogen-bond acceptors (Lipinski definition) is 4. The van der Waals surface area contributed by atoms with Gasteiger partial charge >= 0.3 is 6.18 Å². The number of rotatable bonds is 3. The first kappa shape index (κ1) is 16.1. The van der Waals surface area contributed by atoms with Crippen LogP contribution in [0.2, 0.25) is 0 Å². The summed E-state index contributed by atoms with van der Waals surface area (Å²) in [5.41, 5.74) is 0.456. The molecule has 0 radical (unpaired) electrons. The minimum Gasteiger partial charge on any atom is -0.505 e. The summed E-state index contributed by atoms with van der Waals surface area (Å²) in [5, 5.41) is 18.5. The molecule has 126 valence electrons. The number of aryl methyl sites for hydroxylation is 1. The van der Waals surface area contributed by atoms with Crippen molar-refractivity contribution in [1.82, 2.24) is 15.0 Å². The zero-order valence-electron chi connectivity index (χ0n) is 12.9. The number of benzene rings is 2. The fourth-order valence-corrected chi connectivity index (χ4v) is 2.39. The standard InChI is InChI=1S/C16H14F3N3O2/c1-3-9-6-11(24-2)8-14(15(9)23)22-20-12-5-4-10(16(17,18)19)7-13(12)21-22/h4-8,23H,3H2,1-2H3. The normalized spacial score (nSPS) is 11.9. The summed E-state index contributed by atoms with van der Waals surface area (Å²) in [6.45, 7) is 1.86. The molecular formula is C16H14F3N3O2. The number of ether oxygens (including phenoxy) is 1. The fraction of sp³-hybridized carbons (Fsp3) is 0.250. The van der Waals surface area contributed by atoms with E-state index in [1.807, 2.05) is 6.92 Å². The molecule has 0 aliphatic carbocycles. The highest BCUT2D eigenvalue weighted by Gasteiger charge is 2.31. The monoisotopic (exact) mass is 337 g/mol. The Kier molecular flexibility index (Phi) is 3.82. The molecule has 0 spiro atoms. The molecule has 0 fully saturated rings. The molecule has 1 heterocycles. The third kappa shape index (κ3) is 2.75. The maximum absolute atomic E-state index is 12.8. The van der Waals surface area contributed by atoms with Gasteiger partial charge in [0.2, 0.25) is 0 Å². The Bertz CT molecular complexity index is 903. The van der Waals surface area contributed by atoms with Crippen LogP contribution >= 0.6 is 0 Å². The minimum atomic E-state index is -4.45. The van der Waals surface area contributed by atoms with Crippen molar-refractivity contribution in [3.8, 4) is 17.2 Å². The van der Waals surface area contributed by atoms with Crippen molar-refractivity contribution in [3.05, 3.63) is 41.5 Å². The number of halogens is 3. The molecule has 3 rings (SSSR count). The van der Waals surface area contributed by atoms with Crippen molar-refractivity contribution in [2.75, 3.05) is 7.11 Å². The molecule has 1 aromatic heterocycles. The summed E-state index contributed by atoms with van der Waals surface area (Å²) in [4.78, 5) is 1.11. The molecule has 2 aromatic carbocycles. The molecule has 8 heteroatoms. The van der Waals surface area contributed by atoms with E-state index in [1.165, 1.54) is 19.2 Å². The molecule has 0 bridgehead atoms. The van der Waals surface area contributed by atoms with E-state index in [4.69, 9.17) is 4.74 Å². The third-order valence-corrected chi connectivity index (χ3v) is 3.68. The number of aromatic nitrogens is 3. The van der Waals surface area contributed by atoms with Gasteiger partial charge in [-0.05, 0) is 36.2 Å². The molecule has 0 saturated carbocycles. The summed E-state index contributed by atoms with van der Waals surface area (Å²) >= 11 is 0. The average molecular weight is 337 g/mol. The first-order valence-corrected chi connectivity index (χ1v) is 7.18. The molecule has 0 unspecified atom stereocenters. The number of methoxy groups -OCH3 is 1. The molecule has 0 aliphatic heterocycles. The Morgan fingerprint density at radius 2 is 1.83 bits per heavy atom. The van der Waals surface area contributed by atoms with Gasteiger partial charge in [0.15, 0.2) is 0 Å². The summed E-state index contributed by atoms with van der Waals surface area (Å²) in [6, 6.07) is 6.34. The Morgan fingerprint density at radius 1 is 1.12 bits per heavy atom. The molecule has 3 aromatic rings. The van der Waals surface area contributed by atoms with Gasteiger partial charge in [0.25, 0.3) is 0 Å². The minimum absolute atomic E-state index is 0.0327. The highest BCUT2D eigenvalue weighted by molar-refractivity contribution is 5.75. The van der Waals surface area contributed by atoms with Crippen molar-refractivity contribution < 1.29 is 23.0 Å². The molecule has 0 saturated heterocycles. The lowest BCUT2D eigenvalue weighted by Crippen LogP contribution is -2.04. The van der Waals surface area contributed by atoms with Crippen LogP contribution in [0.3, 0.4) is 0 Å². The Labute approximate surface area is 135 Å². The largest absolute Gasteiger partial charge is 0.505 e. The Balaban J connectivity index is 2.16. The number of alkyl halides is 3. The first-order valence-electron chi connectivity index (χ1n) is 7.18. The second-order valence-corrected chi connectivity index (χ2v) is 5.20. The van der Waals surface area contributed by atoms with E-state index >= 15 is 0 Å². The second-order valence-electron chi connectivity index (χ2n) is 5.20. The summed E-state index contributed by atoms with van der Waals surface area (Å²) in [7, 11) is 1.48. The van der Waals surface area contributed by atoms with Gasteiger partial charge in [-0.1, -0.05) is 6.92 Å². The van der Waals surface area contributed by atoms with Gasteiger partial charge in [0, 0.05) is 6.07 Å². The zero-order valence-corrected chi connectivity index (χ0v) is 12.9. The lowest BCUT2D eigenvalue weighted by molar-refractivity contribution is -0.137. The van der Waals surface area contributed by atoms with Gasteiger partial charge < -0.3 is 9.84 Å². The maximum Gasteiger partial charge on any atom is 0.416 e. The van der Waals surface area contributed by atoms with Gasteiger partial charge in [-0.3, -0.25) is 0 Å². The SMILES string of the molecule is CCc1cc(OC)cc(-n2nc3ccc(C(F)(F)F)cc3n2)c1O. The van der Waals surface area contributed by atoms with Crippen molar-refractivity contribution in [2.45, 2.75) is 19.5 Å². The van der Waals surface area contributed by atoms with Crippen LogP contribution in [0, 0.1) is 0 Å². The third-order valence-electron chi connectivity index (χ3n) is 3.68. The van der Waals surface area contributed by atoms with Crippen molar-refractivity contribution in [3.63, 3.8) is 0 Å². The summed E-state index contributed by atoms with van der Waals surface area (Å²) in [6.07, 6.45) is -3.90. The smallest absolute Gasteiger partial charge is 0.416 e. The molecule has 0 atom stereocenters. The van der Waals surface area contributed by atoms with Crippen LogP contribution in [0.1, 0.15) is 18.1 Å². The molecule has 24 heavy (non-hydrogen) atoms. The van der Waals surface area contributed by atoms with E-state index < -0.39 is 11.7 Å². The van der Waals surface area contributed by atoms with E-state index in [2.05, 4.69) is 10.2 Å². The predicted molar refractivity (Wildman–Crippen MR) is 81.5 cm³/mol. The average Bonchev–Trinajstić information content (AvgIpc) is 2.97. The lowest BCUT2D eigenvalue weighted by atomic mass is 10.1. The topological polar surface area (TPSA) is 60.2 Å². The van der Waals surface area contributed by atoms with Crippen LogP contribution < -0.4 is 4.74 Å². The second kappa shape index (κ2) is 5.70. The van der Waals surface area contributed by atoms with E-state index in [9.17, 15) is 18.3 Å². The van der Waals surface area contributed by atoms with Crippen LogP contribution in [-0.4, -0.2) is 27.2 Å². The molecule has 5 nitrogen and oxygen atoms in total. The summed E-state index contributed by atoms with van der Waals surface area (Å²) < 4.78 is 43.6. The van der Waals surface area contributed by atoms with E-state index in [0.717, 1.165) is 16.9 Å². The van der Waals surface area contributed by atoms with Crippen molar-refractivity contribution >= 4 is 11.0 Å². The van der Waals surface area contributed by atoms with Gasteiger partial charge in [-0.15, -0.1) is 15.0 Å². The molecular weight excluding hydrogens is 323 g/mol. The number of nitrogens with zero attached hydrogens (tertiary/aromatic N) is 3. The number of hydrogen-bond donors (Lipinski definition) is 1. The summed E-state index contributed by atoms with van der Waals surface area (Å²) in [5.74, 6) is 0.464. The van der Waals surface area contributed by atoms with Gasteiger partial charge in [-0.25, -0.2) is 0 Å². The van der Waals surface area contributed by atoms with Crippen molar-refractivity contribution in [2.24, 2.45) is 0 Å². The van der Waals surface area contributed by atoms with E-state index in [1.54, 1.807) is 6.07 Å². The number of phenolic OH excluding ortho intramolecular Hbond substituents is 1. The maximum atomic E-state index is 12.8. The van der Waals surface area contributed by atoms with Crippen LogP contribution in [0.15, 0.2) is 30.3 Å². The van der Waals surface area contributed by atoms with Crippen molar-refractivity contribution in [1.29, 1.82) is 0 Å². The van der Waals surface area contributed by atoms with Crippen LogP contribution in [0.5, 0.6) is 11.5 Å². The quantitative estimate of drug-likeness (QED) is 0.791. The van der Waals surface area contributed by atoms with Crippen LogP contribution in [-0.2, 0) is 12.6 Å². The number of phenols is 1. The van der Waals surface area contributed by atoms with Crippen LogP contribution in [0.4, 0.5) is 13.2 Å². The van der Waals surface area contributed by atoms with Gasteiger partial charge in [0.05, 0.1) is 12.7 Å². The van der Waals surface area contributed by atoms with Gasteiger partial charge in [-0.2, -0.15) is 13.2 Å². The van der Waals surface area contributed by atoms with E-state index in [-0.39, 0.29) is 17.0 Å². The Hall–Kier alpha value is -2.77. The molecule has 0 aliphatic rings. The zero-order chi connectivity index (χ0) is 17.5. The van der Waals surface area contributed by atoms with E-state index in [0.29, 0.717) is 23.3 Å². The highest BCUT2D eigenvalue weighted by Crippen LogP contribution is 2.33. The number of aromatic hydroxyl groups is 1. The first-order chi connectivity index (χ1) is 11.3. The predicted octanol–water partition coefficient (Wildman–Crippen LogP) is 3.72. The van der Waals surface area contributed by atoms with Crippen LogP contribution in [0.25, 0.3) is 16.7 Å². The van der Waals surface area contributed by atoms with Gasteiger partial charge in [0.1, 0.15) is 28.2 Å². The highest BCUT2D eigenvalue weighted by atomic mass is 19.4. The fourth-order valence-electron chi connectivity index (χ4n) is 2.39.